The first-order valence-electron chi connectivity index (χ1n) is 8.55. The van der Waals surface area contributed by atoms with Gasteiger partial charge in [0.1, 0.15) is 5.01 Å². The molecule has 1 heterocycles. The van der Waals surface area contributed by atoms with Gasteiger partial charge in [0.25, 0.3) is 0 Å². The highest BCUT2D eigenvalue weighted by Gasteiger charge is 2.27. The average molecular weight is 354 g/mol. The van der Waals surface area contributed by atoms with Crippen LogP contribution in [0.25, 0.3) is 0 Å². The van der Waals surface area contributed by atoms with Crippen molar-refractivity contribution in [3.8, 4) is 0 Å². The number of hydrogen-bond donors (Lipinski definition) is 3. The summed E-state index contributed by atoms with van der Waals surface area (Å²) in [5, 5.41) is 12.4. The Kier molecular flexibility index (Phi) is 8.18. The molecule has 0 aromatic carbocycles. The van der Waals surface area contributed by atoms with Gasteiger partial charge < -0.3 is 16.0 Å². The Labute approximate surface area is 149 Å². The Morgan fingerprint density at radius 1 is 1.25 bits per heavy atom. The van der Waals surface area contributed by atoms with E-state index in [1.54, 1.807) is 11.3 Å². The number of hydrogen-bond acceptors (Lipinski definition) is 4. The zero-order valence-electron chi connectivity index (χ0n) is 15.7. The van der Waals surface area contributed by atoms with E-state index in [4.69, 9.17) is 0 Å². The van der Waals surface area contributed by atoms with Crippen molar-refractivity contribution in [2.75, 3.05) is 19.6 Å². The number of nitrogens with one attached hydrogen (secondary N) is 3. The third kappa shape index (κ3) is 6.47. The lowest BCUT2D eigenvalue weighted by atomic mass is 9.92. The summed E-state index contributed by atoms with van der Waals surface area (Å²) >= 11 is 1.64. The van der Waals surface area contributed by atoms with Gasteiger partial charge in [0.05, 0.1) is 17.7 Å². The van der Waals surface area contributed by atoms with Crippen LogP contribution >= 0.6 is 11.3 Å². The van der Waals surface area contributed by atoms with Crippen LogP contribution in [-0.2, 0) is 11.3 Å². The zero-order valence-corrected chi connectivity index (χ0v) is 16.5. The number of guanidine groups is 1. The summed E-state index contributed by atoms with van der Waals surface area (Å²) in [4.78, 5) is 21.2. The third-order valence-electron chi connectivity index (χ3n) is 3.53. The number of rotatable bonds is 8. The van der Waals surface area contributed by atoms with Crippen LogP contribution in [0.15, 0.2) is 10.4 Å². The van der Waals surface area contributed by atoms with Gasteiger partial charge >= 0.3 is 0 Å². The minimum atomic E-state index is -0.502. The van der Waals surface area contributed by atoms with Crippen LogP contribution in [0.2, 0.25) is 0 Å². The topological polar surface area (TPSA) is 78.4 Å². The monoisotopic (exact) mass is 353 g/mol. The van der Waals surface area contributed by atoms with Crippen molar-refractivity contribution in [1.82, 2.24) is 20.9 Å². The molecule has 0 aliphatic rings. The molecule has 7 heteroatoms. The van der Waals surface area contributed by atoms with Gasteiger partial charge in [-0.25, -0.2) is 9.98 Å². The molecule has 0 spiro atoms. The first-order valence-corrected chi connectivity index (χ1v) is 9.42. The Hall–Kier alpha value is -1.63. The van der Waals surface area contributed by atoms with E-state index in [1.165, 1.54) is 0 Å². The predicted octanol–water partition coefficient (Wildman–Crippen LogP) is 2.48. The van der Waals surface area contributed by atoms with Gasteiger partial charge in [-0.15, -0.1) is 11.3 Å². The fourth-order valence-corrected chi connectivity index (χ4v) is 2.81. The van der Waals surface area contributed by atoms with Gasteiger partial charge in [0.15, 0.2) is 5.96 Å². The molecular weight excluding hydrogens is 322 g/mol. The van der Waals surface area contributed by atoms with Gasteiger partial charge in [-0.1, -0.05) is 13.8 Å². The van der Waals surface area contributed by atoms with E-state index in [0.717, 1.165) is 17.2 Å². The standard InChI is InChI=1S/C17H31N5OS/c1-7-18-15(23)17(5,6)11-21-16(19-8-2)20-9-14-22-13(10-24-14)12(3)4/h10,12H,7-9,11H2,1-6H3,(H,18,23)(H2,19,20,21). The number of carbonyl (C=O) groups excluding carboxylic acids is 1. The van der Waals surface area contributed by atoms with E-state index >= 15 is 0 Å². The Bertz CT molecular complexity index is 551. The summed E-state index contributed by atoms with van der Waals surface area (Å²) in [5.41, 5.74) is 0.610. The van der Waals surface area contributed by atoms with Crippen LogP contribution in [0.5, 0.6) is 0 Å². The Morgan fingerprint density at radius 2 is 1.92 bits per heavy atom. The normalized spacial score (nSPS) is 12.4. The minimum absolute atomic E-state index is 0.0369. The summed E-state index contributed by atoms with van der Waals surface area (Å²) in [7, 11) is 0. The SMILES string of the molecule is CCNC(=O)C(C)(C)CNC(=NCc1nc(C(C)C)cs1)NCC. The van der Waals surface area contributed by atoms with E-state index in [1.807, 2.05) is 27.7 Å². The first-order chi connectivity index (χ1) is 11.3. The van der Waals surface area contributed by atoms with Gasteiger partial charge in [0, 0.05) is 25.0 Å². The lowest BCUT2D eigenvalue weighted by Crippen LogP contribution is -2.47. The molecule has 0 bridgehead atoms. The number of carbonyl (C=O) groups is 1. The number of thiazole rings is 1. The average Bonchev–Trinajstić information content (AvgIpc) is 2.99. The fraction of sp³-hybridized carbons (Fsp3) is 0.706. The van der Waals surface area contributed by atoms with Crippen molar-refractivity contribution in [2.24, 2.45) is 10.4 Å². The summed E-state index contributed by atoms with van der Waals surface area (Å²) in [6.07, 6.45) is 0. The largest absolute Gasteiger partial charge is 0.357 e. The van der Waals surface area contributed by atoms with Crippen molar-refractivity contribution < 1.29 is 4.79 Å². The number of nitrogens with zero attached hydrogens (tertiary/aromatic N) is 2. The van der Waals surface area contributed by atoms with Crippen molar-refractivity contribution in [3.05, 3.63) is 16.1 Å². The molecule has 0 fully saturated rings. The summed E-state index contributed by atoms with van der Waals surface area (Å²) in [6, 6.07) is 0. The van der Waals surface area contributed by atoms with Crippen LogP contribution in [0.4, 0.5) is 0 Å². The van der Waals surface area contributed by atoms with E-state index < -0.39 is 5.41 Å². The maximum Gasteiger partial charge on any atom is 0.227 e. The molecule has 136 valence electrons. The van der Waals surface area contributed by atoms with E-state index in [2.05, 4.69) is 45.2 Å². The van der Waals surface area contributed by atoms with Gasteiger partial charge in [-0.2, -0.15) is 0 Å². The quantitative estimate of drug-likeness (QED) is 0.496. The maximum atomic E-state index is 12.1. The second kappa shape index (κ2) is 9.61. The lowest BCUT2D eigenvalue weighted by molar-refractivity contribution is -0.128. The molecule has 1 aromatic rings. The van der Waals surface area contributed by atoms with Crippen LogP contribution < -0.4 is 16.0 Å². The third-order valence-corrected chi connectivity index (χ3v) is 4.38. The molecule has 0 aliphatic carbocycles. The highest BCUT2D eigenvalue weighted by atomic mass is 32.1. The van der Waals surface area contributed by atoms with Crippen LogP contribution in [0, 0.1) is 5.41 Å². The van der Waals surface area contributed by atoms with Crippen LogP contribution in [0.1, 0.15) is 58.2 Å². The lowest BCUT2D eigenvalue weighted by Gasteiger charge is -2.24. The molecule has 1 amide bonds. The maximum absolute atomic E-state index is 12.1. The summed E-state index contributed by atoms with van der Waals surface area (Å²) in [6.45, 7) is 14.5. The smallest absolute Gasteiger partial charge is 0.227 e. The summed E-state index contributed by atoms with van der Waals surface area (Å²) in [5.74, 6) is 1.18. The van der Waals surface area contributed by atoms with Crippen molar-refractivity contribution >= 4 is 23.2 Å². The summed E-state index contributed by atoms with van der Waals surface area (Å²) < 4.78 is 0. The number of aromatic nitrogens is 1. The van der Waals surface area contributed by atoms with Crippen molar-refractivity contribution in [3.63, 3.8) is 0 Å². The fourth-order valence-electron chi connectivity index (χ4n) is 1.94. The zero-order chi connectivity index (χ0) is 18.2. The number of aliphatic imine (C=N–C) groups is 1. The molecule has 1 rings (SSSR count). The second-order valence-electron chi connectivity index (χ2n) is 6.61. The van der Waals surface area contributed by atoms with Crippen LogP contribution in [-0.4, -0.2) is 36.5 Å². The van der Waals surface area contributed by atoms with Gasteiger partial charge in [-0.3, -0.25) is 4.79 Å². The second-order valence-corrected chi connectivity index (χ2v) is 7.56. The van der Waals surface area contributed by atoms with E-state index in [-0.39, 0.29) is 5.91 Å². The van der Waals surface area contributed by atoms with Gasteiger partial charge in [-0.05, 0) is 33.6 Å². The van der Waals surface area contributed by atoms with Crippen molar-refractivity contribution in [1.29, 1.82) is 0 Å². The molecule has 0 saturated heterocycles. The molecular formula is C17H31N5OS. The Balaban J connectivity index is 2.66. The van der Waals surface area contributed by atoms with Gasteiger partial charge in [0.2, 0.25) is 5.91 Å². The van der Waals surface area contributed by atoms with E-state index in [0.29, 0.717) is 31.5 Å². The van der Waals surface area contributed by atoms with Crippen molar-refractivity contribution in [2.45, 2.75) is 54.0 Å². The molecule has 0 aliphatic heterocycles. The molecule has 6 nitrogen and oxygen atoms in total. The highest BCUT2D eigenvalue weighted by molar-refractivity contribution is 7.09. The predicted molar refractivity (Wildman–Crippen MR) is 101 cm³/mol. The molecule has 1 aromatic heterocycles. The van der Waals surface area contributed by atoms with E-state index in [9.17, 15) is 4.79 Å². The molecule has 0 saturated carbocycles. The molecule has 0 unspecified atom stereocenters. The molecule has 24 heavy (non-hydrogen) atoms. The number of amides is 1. The Morgan fingerprint density at radius 3 is 2.46 bits per heavy atom. The minimum Gasteiger partial charge on any atom is -0.357 e. The first kappa shape index (κ1) is 20.4. The molecule has 0 radical (unpaired) electrons. The molecule has 0 atom stereocenters. The highest BCUT2D eigenvalue weighted by Crippen LogP contribution is 2.18. The molecule has 3 N–H and O–H groups in total. The van der Waals surface area contributed by atoms with Crippen LogP contribution in [0.3, 0.4) is 0 Å².